The third-order valence-electron chi connectivity index (χ3n) is 6.32. The lowest BCUT2D eigenvalue weighted by molar-refractivity contribution is -0.143. The van der Waals surface area contributed by atoms with Crippen molar-refractivity contribution in [1.82, 2.24) is 9.55 Å². The summed E-state index contributed by atoms with van der Waals surface area (Å²) in [6.07, 6.45) is 1.88. The van der Waals surface area contributed by atoms with Crippen LogP contribution in [0.25, 0.3) is 16.6 Å². The molecule has 0 saturated heterocycles. The van der Waals surface area contributed by atoms with Gasteiger partial charge in [0.15, 0.2) is 0 Å². The number of hydrogen-bond donors (Lipinski definition) is 1. The molecule has 2 aromatic carbocycles. The first-order valence-corrected chi connectivity index (χ1v) is 14.3. The normalized spacial score (nSPS) is 13.5. The van der Waals surface area contributed by atoms with Gasteiger partial charge in [0.2, 0.25) is 0 Å². The number of hydrogen-bond acceptors (Lipinski definition) is 7. The van der Waals surface area contributed by atoms with Crippen molar-refractivity contribution in [3.63, 3.8) is 0 Å². The Morgan fingerprint density at radius 1 is 1.14 bits per heavy atom. The minimum Gasteiger partial charge on any atom is -0.466 e. The molecule has 0 aliphatic carbocycles. The zero-order valence-corrected chi connectivity index (χ0v) is 21.7. The number of carbonyl (C=O) groups is 1. The van der Waals surface area contributed by atoms with E-state index in [1.54, 1.807) is 24.4 Å². The zero-order chi connectivity index (χ0) is 26.2. The standard InChI is InChI=1S/C26H25N3O6S2/c1-2-35-23(30)13-12-22-24-20(16-36-22)27-26(32)29(25(24)31)18-9-5-10-19(15-18)37(33,34)28-14-6-8-17-7-3-4-11-21(17)28/h3-5,7,9-11,15-16H,2,6,8,12-14H2,1H3,(H,27,32). The van der Waals surface area contributed by atoms with Crippen LogP contribution in [0.4, 0.5) is 5.69 Å². The summed E-state index contributed by atoms with van der Waals surface area (Å²) in [4.78, 5) is 41.6. The van der Waals surface area contributed by atoms with E-state index in [4.69, 9.17) is 4.74 Å². The summed E-state index contributed by atoms with van der Waals surface area (Å²) in [5, 5.41) is 1.96. The Bertz CT molecular complexity index is 1720. The van der Waals surface area contributed by atoms with Crippen molar-refractivity contribution in [2.24, 2.45) is 0 Å². The summed E-state index contributed by atoms with van der Waals surface area (Å²) in [6.45, 7) is 2.33. The van der Waals surface area contributed by atoms with Gasteiger partial charge < -0.3 is 9.72 Å². The second-order valence-corrected chi connectivity index (χ2v) is 11.5. The number of nitrogens with zero attached hydrogens (tertiary/aromatic N) is 2. The summed E-state index contributed by atoms with van der Waals surface area (Å²) in [7, 11) is -3.94. The Balaban J connectivity index is 1.56. The average molecular weight is 540 g/mol. The van der Waals surface area contributed by atoms with Gasteiger partial charge in [0.05, 0.1) is 40.2 Å². The molecule has 11 heteroatoms. The second-order valence-electron chi connectivity index (χ2n) is 8.63. The Morgan fingerprint density at radius 2 is 1.95 bits per heavy atom. The van der Waals surface area contributed by atoms with Gasteiger partial charge in [-0.1, -0.05) is 24.3 Å². The quantitative estimate of drug-likeness (QED) is 0.360. The maximum atomic E-state index is 13.6. The van der Waals surface area contributed by atoms with Gasteiger partial charge in [-0.15, -0.1) is 11.3 Å². The van der Waals surface area contributed by atoms with Crippen molar-refractivity contribution in [2.45, 2.75) is 37.5 Å². The van der Waals surface area contributed by atoms with Gasteiger partial charge in [0.1, 0.15) is 0 Å². The van der Waals surface area contributed by atoms with Crippen LogP contribution in [0.3, 0.4) is 0 Å². The van der Waals surface area contributed by atoms with Crippen LogP contribution in [-0.4, -0.2) is 37.1 Å². The molecular weight excluding hydrogens is 514 g/mol. The van der Waals surface area contributed by atoms with Crippen molar-refractivity contribution in [3.8, 4) is 5.69 Å². The van der Waals surface area contributed by atoms with Gasteiger partial charge in [-0.05, 0) is 56.0 Å². The number of aromatic nitrogens is 2. The molecule has 0 fully saturated rings. The molecule has 9 nitrogen and oxygen atoms in total. The number of fused-ring (bicyclic) bond motifs is 2. The third-order valence-corrected chi connectivity index (χ3v) is 9.18. The lowest BCUT2D eigenvalue weighted by atomic mass is 10.0. The fourth-order valence-electron chi connectivity index (χ4n) is 4.63. The molecule has 192 valence electrons. The Kier molecular flexibility index (Phi) is 6.74. The minimum absolute atomic E-state index is 0.0130. The van der Waals surface area contributed by atoms with Crippen LogP contribution >= 0.6 is 11.3 Å². The number of nitrogens with one attached hydrogen (secondary N) is 1. The number of anilines is 1. The van der Waals surface area contributed by atoms with E-state index < -0.39 is 21.3 Å². The van der Waals surface area contributed by atoms with Crippen LogP contribution in [0.5, 0.6) is 0 Å². The van der Waals surface area contributed by atoms with Gasteiger partial charge in [-0.2, -0.15) is 0 Å². The van der Waals surface area contributed by atoms with E-state index in [0.717, 1.165) is 16.6 Å². The van der Waals surface area contributed by atoms with Gasteiger partial charge in [0.25, 0.3) is 15.6 Å². The summed E-state index contributed by atoms with van der Waals surface area (Å²) < 4.78 is 34.6. The van der Waals surface area contributed by atoms with Crippen LogP contribution in [0.1, 0.15) is 30.2 Å². The van der Waals surface area contributed by atoms with E-state index in [1.165, 1.54) is 39.9 Å². The number of rotatable bonds is 7. The molecule has 0 spiro atoms. The molecule has 0 saturated carbocycles. The molecule has 0 amide bonds. The van der Waals surface area contributed by atoms with Crippen molar-refractivity contribution in [2.75, 3.05) is 17.5 Å². The predicted molar refractivity (Wildman–Crippen MR) is 142 cm³/mol. The van der Waals surface area contributed by atoms with Gasteiger partial charge >= 0.3 is 11.7 Å². The Hall–Kier alpha value is -3.70. The topological polar surface area (TPSA) is 119 Å². The number of para-hydroxylation sites is 1. The molecule has 1 N–H and O–H groups in total. The van der Waals surface area contributed by atoms with Gasteiger partial charge in [-0.25, -0.2) is 17.8 Å². The van der Waals surface area contributed by atoms with Gasteiger partial charge in [-0.3, -0.25) is 13.9 Å². The molecule has 3 heterocycles. The van der Waals surface area contributed by atoms with E-state index in [1.807, 2.05) is 12.1 Å². The van der Waals surface area contributed by atoms with Crippen LogP contribution in [-0.2, 0) is 32.4 Å². The number of thiophene rings is 1. The molecule has 1 aliphatic heterocycles. The molecule has 37 heavy (non-hydrogen) atoms. The van der Waals surface area contributed by atoms with Crippen LogP contribution in [0.2, 0.25) is 0 Å². The van der Waals surface area contributed by atoms with Crippen molar-refractivity contribution >= 4 is 43.9 Å². The summed E-state index contributed by atoms with van der Waals surface area (Å²) in [5.41, 5.74) is 0.868. The summed E-state index contributed by atoms with van der Waals surface area (Å²) in [5.74, 6) is -0.369. The summed E-state index contributed by atoms with van der Waals surface area (Å²) >= 11 is 1.28. The number of ether oxygens (including phenoxy) is 1. The molecule has 4 aromatic rings. The fraction of sp³-hybridized carbons (Fsp3) is 0.269. The van der Waals surface area contributed by atoms with E-state index in [-0.39, 0.29) is 36.0 Å². The third kappa shape index (κ3) is 4.60. The maximum absolute atomic E-state index is 13.6. The molecule has 2 aromatic heterocycles. The first-order chi connectivity index (χ1) is 17.8. The summed E-state index contributed by atoms with van der Waals surface area (Å²) in [6, 6.07) is 13.2. The first kappa shape index (κ1) is 25.0. The minimum atomic E-state index is -3.94. The molecule has 0 unspecified atom stereocenters. The number of H-pyrrole nitrogens is 1. The highest BCUT2D eigenvalue weighted by Gasteiger charge is 2.29. The average Bonchev–Trinajstić information content (AvgIpc) is 3.30. The molecule has 1 aliphatic rings. The largest absolute Gasteiger partial charge is 0.466 e. The molecule has 0 radical (unpaired) electrons. The van der Waals surface area contributed by atoms with Crippen molar-refractivity contribution < 1.29 is 17.9 Å². The smallest absolute Gasteiger partial charge is 0.333 e. The number of benzene rings is 2. The van der Waals surface area contributed by atoms with Crippen LogP contribution in [0.15, 0.2) is 68.4 Å². The lowest BCUT2D eigenvalue weighted by Gasteiger charge is -2.30. The number of aromatic amines is 1. The van der Waals surface area contributed by atoms with E-state index in [2.05, 4.69) is 4.98 Å². The van der Waals surface area contributed by atoms with Crippen LogP contribution in [0, 0.1) is 0 Å². The first-order valence-electron chi connectivity index (χ1n) is 11.9. The lowest BCUT2D eigenvalue weighted by Crippen LogP contribution is -2.36. The second kappa shape index (κ2) is 9.98. The fourth-order valence-corrected chi connectivity index (χ4v) is 7.18. The SMILES string of the molecule is CCOC(=O)CCc1scc2[nH]c(=O)n(-c3cccc(S(=O)(=O)N4CCCc5ccccc54)c3)c(=O)c12. The zero-order valence-electron chi connectivity index (χ0n) is 20.1. The monoisotopic (exact) mass is 539 g/mol. The van der Waals surface area contributed by atoms with E-state index in [0.29, 0.717) is 34.4 Å². The molecule has 0 atom stereocenters. The number of carbonyl (C=O) groups excluding carboxylic acids is 1. The highest BCUT2D eigenvalue weighted by Crippen LogP contribution is 2.32. The highest BCUT2D eigenvalue weighted by molar-refractivity contribution is 7.92. The number of esters is 1. The molecular formula is C26H25N3O6S2. The molecule has 5 rings (SSSR count). The number of sulfonamides is 1. The van der Waals surface area contributed by atoms with E-state index >= 15 is 0 Å². The highest BCUT2D eigenvalue weighted by atomic mass is 32.2. The van der Waals surface area contributed by atoms with Crippen LogP contribution < -0.4 is 15.6 Å². The van der Waals surface area contributed by atoms with Crippen molar-refractivity contribution in [3.05, 3.63) is 85.2 Å². The van der Waals surface area contributed by atoms with E-state index in [9.17, 15) is 22.8 Å². The van der Waals surface area contributed by atoms with Crippen molar-refractivity contribution in [1.29, 1.82) is 0 Å². The maximum Gasteiger partial charge on any atom is 0.333 e. The number of aryl methyl sites for hydroxylation is 2. The molecule has 0 bridgehead atoms. The van der Waals surface area contributed by atoms with Gasteiger partial charge in [0, 0.05) is 16.8 Å². The Morgan fingerprint density at radius 3 is 2.76 bits per heavy atom. The predicted octanol–water partition coefficient (Wildman–Crippen LogP) is 3.38. The Labute approximate surface area is 217 Å².